The zero-order chi connectivity index (χ0) is 21.6. The number of ether oxygens (including phenoxy) is 2. The fourth-order valence-electron chi connectivity index (χ4n) is 4.28. The lowest BCUT2D eigenvalue weighted by atomic mass is 10.1. The molecule has 1 unspecified atom stereocenters. The van der Waals surface area contributed by atoms with E-state index in [4.69, 9.17) is 14.5 Å². The molecule has 4 rings (SSSR count). The number of aromatic nitrogens is 1. The standard InChI is InChI=1S/C24H35N5O2/c1-4-19-7-8-20-22(16-19)29(17-21-23(30-3)9-6-18(2)26-21)24(27-20)25-10-5-11-28-12-14-31-15-13-28/h6-9,16,24-25,27H,4-5,10-15,17H2,1-3H3. The van der Waals surface area contributed by atoms with Crippen molar-refractivity contribution in [3.63, 3.8) is 0 Å². The van der Waals surface area contributed by atoms with Crippen molar-refractivity contribution in [1.82, 2.24) is 15.2 Å². The maximum absolute atomic E-state index is 5.60. The Morgan fingerprint density at radius 2 is 2.06 bits per heavy atom. The van der Waals surface area contributed by atoms with Crippen molar-refractivity contribution in [2.75, 3.05) is 56.7 Å². The van der Waals surface area contributed by atoms with Gasteiger partial charge in [-0.05, 0) is 62.7 Å². The molecule has 168 valence electrons. The summed E-state index contributed by atoms with van der Waals surface area (Å²) in [6.07, 6.45) is 2.15. The minimum absolute atomic E-state index is 0.0267. The van der Waals surface area contributed by atoms with Crippen molar-refractivity contribution in [3.8, 4) is 5.75 Å². The Labute approximate surface area is 185 Å². The SMILES string of the molecule is CCc1ccc2c(c1)N(Cc1nc(C)ccc1OC)C(NCCCN1CCOCC1)N2. The zero-order valence-electron chi connectivity index (χ0n) is 19.0. The predicted molar refractivity (Wildman–Crippen MR) is 125 cm³/mol. The molecule has 0 aliphatic carbocycles. The van der Waals surface area contributed by atoms with E-state index in [0.717, 1.165) is 75.1 Å². The topological polar surface area (TPSA) is 61.9 Å². The van der Waals surface area contributed by atoms with Gasteiger partial charge in [-0.1, -0.05) is 13.0 Å². The summed E-state index contributed by atoms with van der Waals surface area (Å²) in [6.45, 7) is 10.7. The zero-order valence-corrected chi connectivity index (χ0v) is 19.0. The lowest BCUT2D eigenvalue weighted by Crippen LogP contribution is -2.48. The Morgan fingerprint density at radius 1 is 1.23 bits per heavy atom. The lowest BCUT2D eigenvalue weighted by Gasteiger charge is -2.29. The second-order valence-electron chi connectivity index (χ2n) is 8.24. The van der Waals surface area contributed by atoms with E-state index < -0.39 is 0 Å². The van der Waals surface area contributed by atoms with E-state index in [9.17, 15) is 0 Å². The third kappa shape index (κ3) is 5.29. The maximum Gasteiger partial charge on any atom is 0.155 e. The molecule has 0 spiro atoms. The molecule has 1 aromatic heterocycles. The van der Waals surface area contributed by atoms with Crippen LogP contribution >= 0.6 is 0 Å². The molecule has 3 heterocycles. The predicted octanol–water partition coefficient (Wildman–Crippen LogP) is 2.99. The second kappa shape index (κ2) is 10.3. The summed E-state index contributed by atoms with van der Waals surface area (Å²) in [5.41, 5.74) is 5.67. The normalized spacial score (nSPS) is 18.7. The average Bonchev–Trinajstić information content (AvgIpc) is 3.14. The number of benzene rings is 1. The van der Waals surface area contributed by atoms with Crippen LogP contribution in [-0.2, 0) is 17.7 Å². The number of hydrogen-bond acceptors (Lipinski definition) is 7. The van der Waals surface area contributed by atoms with E-state index in [1.807, 2.05) is 19.1 Å². The summed E-state index contributed by atoms with van der Waals surface area (Å²) in [5.74, 6) is 0.830. The highest BCUT2D eigenvalue weighted by Gasteiger charge is 2.29. The highest BCUT2D eigenvalue weighted by Crippen LogP contribution is 2.36. The molecule has 31 heavy (non-hydrogen) atoms. The second-order valence-corrected chi connectivity index (χ2v) is 8.24. The minimum atomic E-state index is 0.0267. The van der Waals surface area contributed by atoms with Gasteiger partial charge in [-0.25, -0.2) is 0 Å². The van der Waals surface area contributed by atoms with Crippen LogP contribution in [-0.4, -0.2) is 62.7 Å². The number of methoxy groups -OCH3 is 1. The van der Waals surface area contributed by atoms with Crippen LogP contribution < -0.4 is 20.3 Å². The van der Waals surface area contributed by atoms with Crippen molar-refractivity contribution in [2.45, 2.75) is 39.5 Å². The molecule has 1 saturated heterocycles. The highest BCUT2D eigenvalue weighted by atomic mass is 16.5. The third-order valence-electron chi connectivity index (χ3n) is 6.09. The molecule has 7 heteroatoms. The van der Waals surface area contributed by atoms with Crippen LogP contribution in [0.5, 0.6) is 5.75 Å². The van der Waals surface area contributed by atoms with Crippen LogP contribution in [0, 0.1) is 6.92 Å². The largest absolute Gasteiger partial charge is 0.495 e. The molecule has 1 fully saturated rings. The molecule has 1 atom stereocenters. The minimum Gasteiger partial charge on any atom is -0.495 e. The van der Waals surface area contributed by atoms with Crippen molar-refractivity contribution in [2.24, 2.45) is 0 Å². The van der Waals surface area contributed by atoms with E-state index in [2.05, 4.69) is 45.6 Å². The van der Waals surface area contributed by atoms with Crippen molar-refractivity contribution < 1.29 is 9.47 Å². The molecule has 1 aromatic carbocycles. The smallest absolute Gasteiger partial charge is 0.155 e. The quantitative estimate of drug-likeness (QED) is 0.599. The van der Waals surface area contributed by atoms with Gasteiger partial charge in [0.25, 0.3) is 0 Å². The Morgan fingerprint density at radius 3 is 2.84 bits per heavy atom. The van der Waals surface area contributed by atoms with Gasteiger partial charge in [0.15, 0.2) is 6.29 Å². The number of pyridine rings is 1. The van der Waals surface area contributed by atoms with Gasteiger partial charge < -0.3 is 19.7 Å². The van der Waals surface area contributed by atoms with Crippen LogP contribution in [0.2, 0.25) is 0 Å². The Hall–Kier alpha value is -2.35. The summed E-state index contributed by atoms with van der Waals surface area (Å²) in [7, 11) is 1.71. The summed E-state index contributed by atoms with van der Waals surface area (Å²) >= 11 is 0. The lowest BCUT2D eigenvalue weighted by molar-refractivity contribution is 0.0374. The average molecular weight is 426 g/mol. The first-order chi connectivity index (χ1) is 15.2. The fraction of sp³-hybridized carbons (Fsp3) is 0.542. The van der Waals surface area contributed by atoms with Crippen LogP contribution in [0.1, 0.15) is 30.3 Å². The Bertz CT molecular complexity index is 869. The van der Waals surface area contributed by atoms with Gasteiger partial charge in [0.2, 0.25) is 0 Å². The molecule has 0 radical (unpaired) electrons. The number of hydrogen-bond donors (Lipinski definition) is 2. The van der Waals surface area contributed by atoms with Gasteiger partial charge >= 0.3 is 0 Å². The summed E-state index contributed by atoms with van der Waals surface area (Å²) in [4.78, 5) is 9.62. The number of fused-ring (bicyclic) bond motifs is 1. The van der Waals surface area contributed by atoms with Gasteiger partial charge in [-0.3, -0.25) is 15.2 Å². The van der Waals surface area contributed by atoms with E-state index in [-0.39, 0.29) is 6.29 Å². The van der Waals surface area contributed by atoms with Gasteiger partial charge in [-0.15, -0.1) is 0 Å². The number of rotatable bonds is 9. The maximum atomic E-state index is 5.60. The van der Waals surface area contributed by atoms with Gasteiger partial charge in [0.05, 0.1) is 38.2 Å². The van der Waals surface area contributed by atoms with E-state index >= 15 is 0 Å². The Kier molecular flexibility index (Phi) is 7.27. The molecule has 0 bridgehead atoms. The number of aryl methyl sites for hydroxylation is 2. The van der Waals surface area contributed by atoms with Crippen LogP contribution in [0.15, 0.2) is 30.3 Å². The molecular weight excluding hydrogens is 390 g/mol. The van der Waals surface area contributed by atoms with Crippen LogP contribution in [0.25, 0.3) is 0 Å². The molecule has 2 aromatic rings. The molecule has 2 aliphatic heterocycles. The molecular formula is C24H35N5O2. The van der Waals surface area contributed by atoms with Gasteiger partial charge in [-0.2, -0.15) is 0 Å². The van der Waals surface area contributed by atoms with E-state index in [1.165, 1.54) is 11.3 Å². The molecule has 2 N–H and O–H groups in total. The van der Waals surface area contributed by atoms with Crippen molar-refractivity contribution in [1.29, 1.82) is 0 Å². The first-order valence-corrected chi connectivity index (χ1v) is 11.4. The number of anilines is 2. The summed E-state index contributed by atoms with van der Waals surface area (Å²) in [5, 5.41) is 7.38. The van der Waals surface area contributed by atoms with Gasteiger partial charge in [0.1, 0.15) is 11.4 Å². The van der Waals surface area contributed by atoms with Gasteiger partial charge in [0, 0.05) is 18.8 Å². The molecule has 2 aliphatic rings. The van der Waals surface area contributed by atoms with Crippen molar-refractivity contribution in [3.05, 3.63) is 47.3 Å². The Balaban J connectivity index is 1.47. The molecule has 7 nitrogen and oxygen atoms in total. The van der Waals surface area contributed by atoms with Crippen LogP contribution in [0.3, 0.4) is 0 Å². The fourth-order valence-corrected chi connectivity index (χ4v) is 4.28. The van der Waals surface area contributed by atoms with E-state index in [1.54, 1.807) is 7.11 Å². The monoisotopic (exact) mass is 425 g/mol. The van der Waals surface area contributed by atoms with E-state index in [0.29, 0.717) is 6.54 Å². The molecule has 0 amide bonds. The van der Waals surface area contributed by atoms with Crippen LogP contribution in [0.4, 0.5) is 11.4 Å². The first kappa shape index (κ1) is 21.9. The number of morpholine rings is 1. The number of nitrogens with zero attached hydrogens (tertiary/aromatic N) is 3. The highest BCUT2D eigenvalue weighted by molar-refractivity contribution is 5.76. The van der Waals surface area contributed by atoms with Crippen molar-refractivity contribution >= 4 is 11.4 Å². The first-order valence-electron chi connectivity index (χ1n) is 11.4. The summed E-state index contributed by atoms with van der Waals surface area (Å²) < 4.78 is 11.0. The number of nitrogens with one attached hydrogen (secondary N) is 2. The molecule has 0 saturated carbocycles. The third-order valence-corrected chi connectivity index (χ3v) is 6.09. The summed E-state index contributed by atoms with van der Waals surface area (Å²) in [6, 6.07) is 10.7.